The zero-order chi connectivity index (χ0) is 19.3. The molecule has 0 aromatic carbocycles. The average Bonchev–Trinajstić information content (AvgIpc) is 3.12. The molecule has 1 saturated heterocycles. The predicted octanol–water partition coefficient (Wildman–Crippen LogP) is 3.20. The number of rotatable bonds is 4. The topological polar surface area (TPSA) is 60.1 Å². The van der Waals surface area contributed by atoms with E-state index in [-0.39, 0.29) is 17.0 Å². The maximum Gasteiger partial charge on any atom is 0.345 e. The minimum Gasteiger partial charge on any atom is -0.342 e. The van der Waals surface area contributed by atoms with Crippen molar-refractivity contribution in [3.8, 4) is 0 Å². The van der Waals surface area contributed by atoms with E-state index in [1.807, 2.05) is 4.57 Å². The van der Waals surface area contributed by atoms with Crippen LogP contribution in [0, 0.1) is 0 Å². The first-order valence-electron chi connectivity index (χ1n) is 10.6. The van der Waals surface area contributed by atoms with Gasteiger partial charge in [0.05, 0.1) is 5.41 Å². The van der Waals surface area contributed by atoms with E-state index in [4.69, 9.17) is 0 Å². The van der Waals surface area contributed by atoms with Crippen molar-refractivity contribution in [3.63, 3.8) is 0 Å². The number of thiophene rings is 1. The Labute approximate surface area is 169 Å². The molecule has 2 saturated carbocycles. The van der Waals surface area contributed by atoms with Crippen LogP contribution in [0.1, 0.15) is 74.0 Å². The Bertz CT molecular complexity index is 911. The van der Waals surface area contributed by atoms with Gasteiger partial charge in [-0.3, -0.25) is 9.36 Å². The normalized spacial score (nSPS) is 22.7. The second-order valence-electron chi connectivity index (χ2n) is 8.70. The molecule has 2 aliphatic carbocycles. The highest BCUT2D eigenvalue weighted by Gasteiger charge is 2.46. The number of amides is 1. The Hall–Kier alpha value is -1.89. The highest BCUT2D eigenvalue weighted by Crippen LogP contribution is 2.45. The Morgan fingerprint density at radius 2 is 1.89 bits per heavy atom. The van der Waals surface area contributed by atoms with Crippen molar-refractivity contribution < 1.29 is 4.79 Å². The molecule has 1 aliphatic heterocycles. The number of aromatic nitrogens is 3. The molecule has 0 atom stereocenters. The van der Waals surface area contributed by atoms with Crippen LogP contribution < -0.4 is 5.69 Å². The average molecular weight is 401 g/mol. The predicted molar refractivity (Wildman–Crippen MR) is 109 cm³/mol. The van der Waals surface area contributed by atoms with Crippen LogP contribution in [0.2, 0.25) is 0 Å². The van der Waals surface area contributed by atoms with Gasteiger partial charge in [0, 0.05) is 37.0 Å². The fourth-order valence-corrected chi connectivity index (χ4v) is 6.17. The molecular weight excluding hydrogens is 372 g/mol. The van der Waals surface area contributed by atoms with Gasteiger partial charge in [-0.2, -0.15) is 5.10 Å². The summed E-state index contributed by atoms with van der Waals surface area (Å²) in [5.41, 5.74) is -0.277. The van der Waals surface area contributed by atoms with Crippen molar-refractivity contribution in [1.29, 1.82) is 0 Å². The zero-order valence-electron chi connectivity index (χ0n) is 16.5. The maximum atomic E-state index is 13.6. The van der Waals surface area contributed by atoms with E-state index in [1.54, 1.807) is 18.4 Å². The van der Waals surface area contributed by atoms with E-state index in [9.17, 15) is 9.59 Å². The standard InChI is InChI=1S/C21H28N4O2S/c1-23-20(27)25(16-6-7-16)18(22-23)15-8-12-24(13-9-15)19(26)21(10-2-3-11-21)17-5-4-14-28-17/h4-5,14-16H,2-3,6-13H2,1H3. The molecule has 0 bridgehead atoms. The summed E-state index contributed by atoms with van der Waals surface area (Å²) in [5, 5.41) is 6.65. The van der Waals surface area contributed by atoms with Crippen molar-refractivity contribution in [2.45, 2.75) is 68.7 Å². The third-order valence-electron chi connectivity index (χ3n) is 6.90. The van der Waals surface area contributed by atoms with E-state index in [2.05, 4.69) is 27.5 Å². The number of carbonyl (C=O) groups excluding carboxylic acids is 1. The number of hydrogen-bond acceptors (Lipinski definition) is 4. The van der Waals surface area contributed by atoms with Crippen LogP contribution in [0.25, 0.3) is 0 Å². The van der Waals surface area contributed by atoms with Crippen molar-refractivity contribution >= 4 is 17.2 Å². The second-order valence-corrected chi connectivity index (χ2v) is 9.65. The highest BCUT2D eigenvalue weighted by atomic mass is 32.1. The van der Waals surface area contributed by atoms with Crippen LogP contribution in [0.4, 0.5) is 0 Å². The first-order chi connectivity index (χ1) is 13.6. The van der Waals surface area contributed by atoms with Gasteiger partial charge in [-0.25, -0.2) is 9.48 Å². The van der Waals surface area contributed by atoms with Gasteiger partial charge in [-0.15, -0.1) is 11.3 Å². The monoisotopic (exact) mass is 400 g/mol. The highest BCUT2D eigenvalue weighted by molar-refractivity contribution is 7.10. The largest absolute Gasteiger partial charge is 0.345 e. The van der Waals surface area contributed by atoms with Crippen LogP contribution in [0.15, 0.2) is 22.3 Å². The molecule has 3 heterocycles. The van der Waals surface area contributed by atoms with Crippen molar-refractivity contribution in [1.82, 2.24) is 19.2 Å². The van der Waals surface area contributed by atoms with Gasteiger partial charge in [-0.05, 0) is 50.0 Å². The van der Waals surface area contributed by atoms with Crippen molar-refractivity contribution in [2.24, 2.45) is 7.05 Å². The molecule has 3 fully saturated rings. The molecule has 0 radical (unpaired) electrons. The van der Waals surface area contributed by atoms with Gasteiger partial charge in [0.1, 0.15) is 5.82 Å². The Morgan fingerprint density at radius 1 is 1.18 bits per heavy atom. The molecule has 0 N–H and O–H groups in total. The zero-order valence-corrected chi connectivity index (χ0v) is 17.3. The molecule has 28 heavy (non-hydrogen) atoms. The van der Waals surface area contributed by atoms with Gasteiger partial charge in [0.25, 0.3) is 0 Å². The summed E-state index contributed by atoms with van der Waals surface area (Å²) < 4.78 is 3.40. The lowest BCUT2D eigenvalue weighted by molar-refractivity contribution is -0.138. The summed E-state index contributed by atoms with van der Waals surface area (Å²) in [5.74, 6) is 1.54. The fraction of sp³-hybridized carbons (Fsp3) is 0.667. The summed E-state index contributed by atoms with van der Waals surface area (Å²) in [6.45, 7) is 1.54. The summed E-state index contributed by atoms with van der Waals surface area (Å²) >= 11 is 1.73. The fourth-order valence-electron chi connectivity index (χ4n) is 5.19. The van der Waals surface area contributed by atoms with Crippen molar-refractivity contribution in [3.05, 3.63) is 38.7 Å². The molecule has 150 valence electrons. The van der Waals surface area contributed by atoms with Gasteiger partial charge < -0.3 is 4.90 Å². The van der Waals surface area contributed by atoms with Crippen LogP contribution >= 0.6 is 11.3 Å². The molecule has 2 aromatic heterocycles. The van der Waals surface area contributed by atoms with Crippen molar-refractivity contribution in [2.75, 3.05) is 13.1 Å². The molecule has 6 nitrogen and oxygen atoms in total. The molecule has 3 aliphatic rings. The molecular formula is C21H28N4O2S. The lowest BCUT2D eigenvalue weighted by Gasteiger charge is -2.38. The number of hydrogen-bond donors (Lipinski definition) is 0. The lowest BCUT2D eigenvalue weighted by atomic mass is 9.82. The molecule has 0 unspecified atom stereocenters. The SMILES string of the molecule is Cn1nc(C2CCN(C(=O)C3(c4cccs4)CCCC3)CC2)n(C2CC2)c1=O. The van der Waals surface area contributed by atoms with Crippen LogP contribution in [-0.2, 0) is 17.3 Å². The minimum absolute atomic E-state index is 0.0126. The first-order valence-corrected chi connectivity index (χ1v) is 11.5. The number of nitrogens with zero attached hydrogens (tertiary/aromatic N) is 4. The van der Waals surface area contributed by atoms with Gasteiger partial charge in [0.2, 0.25) is 5.91 Å². The van der Waals surface area contributed by atoms with Crippen LogP contribution in [-0.4, -0.2) is 38.2 Å². The number of likely N-dealkylation sites (tertiary alicyclic amines) is 1. The number of carbonyl (C=O) groups is 1. The van der Waals surface area contributed by atoms with E-state index < -0.39 is 0 Å². The van der Waals surface area contributed by atoms with E-state index in [0.717, 1.165) is 70.3 Å². The second kappa shape index (κ2) is 6.87. The minimum atomic E-state index is -0.290. The van der Waals surface area contributed by atoms with Gasteiger partial charge in [-0.1, -0.05) is 18.9 Å². The first kappa shape index (κ1) is 18.2. The Kier molecular flexibility index (Phi) is 4.45. The number of piperidine rings is 1. The number of aryl methyl sites for hydroxylation is 1. The van der Waals surface area contributed by atoms with E-state index >= 15 is 0 Å². The van der Waals surface area contributed by atoms with Crippen LogP contribution in [0.5, 0.6) is 0 Å². The molecule has 0 spiro atoms. The molecule has 1 amide bonds. The van der Waals surface area contributed by atoms with E-state index in [0.29, 0.717) is 11.9 Å². The third kappa shape index (κ3) is 2.86. The van der Waals surface area contributed by atoms with Gasteiger partial charge in [0.15, 0.2) is 0 Å². The van der Waals surface area contributed by atoms with Crippen LogP contribution in [0.3, 0.4) is 0 Å². The molecule has 2 aromatic rings. The third-order valence-corrected chi connectivity index (χ3v) is 7.97. The molecule has 7 heteroatoms. The van der Waals surface area contributed by atoms with E-state index in [1.165, 1.54) is 9.56 Å². The quantitative estimate of drug-likeness (QED) is 0.792. The lowest BCUT2D eigenvalue weighted by Crippen LogP contribution is -2.48. The summed E-state index contributed by atoms with van der Waals surface area (Å²) in [7, 11) is 1.74. The Balaban J connectivity index is 1.33. The molecule has 5 rings (SSSR count). The maximum absolute atomic E-state index is 13.6. The Morgan fingerprint density at radius 3 is 2.50 bits per heavy atom. The smallest absolute Gasteiger partial charge is 0.342 e. The summed E-state index contributed by atoms with van der Waals surface area (Å²) in [6.07, 6.45) is 8.20. The summed E-state index contributed by atoms with van der Waals surface area (Å²) in [6, 6.07) is 4.55. The summed E-state index contributed by atoms with van der Waals surface area (Å²) in [4.78, 5) is 29.3. The van der Waals surface area contributed by atoms with Gasteiger partial charge >= 0.3 is 5.69 Å².